The smallest absolute Gasteiger partial charge is 0.253 e. The second-order valence-electron chi connectivity index (χ2n) is 6.91. The Hall–Kier alpha value is -2.34. The molecule has 1 heterocycles. The summed E-state index contributed by atoms with van der Waals surface area (Å²) >= 11 is 0. The lowest BCUT2D eigenvalue weighted by molar-refractivity contribution is -0.126. The van der Waals surface area contributed by atoms with Gasteiger partial charge in [0.25, 0.3) is 5.91 Å². The van der Waals surface area contributed by atoms with Crippen molar-refractivity contribution in [3.05, 3.63) is 42.5 Å². The van der Waals surface area contributed by atoms with Crippen LogP contribution in [0.15, 0.2) is 36.9 Å². The summed E-state index contributed by atoms with van der Waals surface area (Å²) in [5, 5.41) is 3.05. The zero-order chi connectivity index (χ0) is 18.5. The largest absolute Gasteiger partial charge is 0.490 e. The minimum atomic E-state index is -0.144. The molecule has 1 unspecified atom stereocenters. The Bertz CT molecular complexity index is 647. The van der Waals surface area contributed by atoms with Crippen molar-refractivity contribution in [3.63, 3.8) is 0 Å². The Kier molecular flexibility index (Phi) is 5.93. The van der Waals surface area contributed by atoms with E-state index in [1.54, 1.807) is 30.3 Å². The summed E-state index contributed by atoms with van der Waals surface area (Å²) in [5.41, 5.74) is 0.656. The molecule has 2 amide bonds. The van der Waals surface area contributed by atoms with Gasteiger partial charge in [-0.05, 0) is 44.0 Å². The molecule has 1 atom stereocenters. The number of carbonyl (C=O) groups excluding carboxylic acids is 2. The van der Waals surface area contributed by atoms with Gasteiger partial charge in [0.05, 0.1) is 6.04 Å². The van der Waals surface area contributed by atoms with E-state index in [2.05, 4.69) is 16.8 Å². The number of carbonyl (C=O) groups is 2. The highest BCUT2D eigenvalue weighted by Crippen LogP contribution is 2.19. The monoisotopic (exact) mass is 357 g/mol. The third-order valence-electron chi connectivity index (χ3n) is 4.92. The van der Waals surface area contributed by atoms with Gasteiger partial charge < -0.3 is 15.0 Å². The second-order valence-corrected chi connectivity index (χ2v) is 6.91. The molecule has 140 valence electrons. The predicted octanol–water partition coefficient (Wildman–Crippen LogP) is 1.68. The molecule has 1 aromatic rings. The number of hydrogen-bond donors (Lipinski definition) is 1. The molecule has 6 nitrogen and oxygen atoms in total. The van der Waals surface area contributed by atoms with Crippen molar-refractivity contribution in [2.45, 2.75) is 31.8 Å². The van der Waals surface area contributed by atoms with Crippen molar-refractivity contribution in [2.75, 3.05) is 32.8 Å². The molecular weight excluding hydrogens is 330 g/mol. The van der Waals surface area contributed by atoms with Crippen LogP contribution < -0.4 is 10.1 Å². The van der Waals surface area contributed by atoms with E-state index >= 15 is 0 Å². The van der Waals surface area contributed by atoms with Gasteiger partial charge in [-0.15, -0.1) is 0 Å². The average molecular weight is 357 g/mol. The SMILES string of the molecule is C=CCOc1ccc(C(=O)N2CCN(C(C)C(=O)NC3CC3)CC2)cc1. The lowest BCUT2D eigenvalue weighted by Gasteiger charge is -2.37. The summed E-state index contributed by atoms with van der Waals surface area (Å²) in [6, 6.07) is 7.42. The molecule has 3 rings (SSSR count). The first-order valence-electron chi connectivity index (χ1n) is 9.26. The average Bonchev–Trinajstić information content (AvgIpc) is 3.49. The molecule has 0 radical (unpaired) electrons. The van der Waals surface area contributed by atoms with Crippen LogP contribution >= 0.6 is 0 Å². The van der Waals surface area contributed by atoms with Crippen molar-refractivity contribution in [1.82, 2.24) is 15.1 Å². The molecule has 2 fully saturated rings. The van der Waals surface area contributed by atoms with Gasteiger partial charge in [0.1, 0.15) is 12.4 Å². The maximum absolute atomic E-state index is 12.7. The fourth-order valence-corrected chi connectivity index (χ4v) is 3.06. The maximum atomic E-state index is 12.7. The first kappa shape index (κ1) is 18.5. The van der Waals surface area contributed by atoms with Gasteiger partial charge in [-0.3, -0.25) is 14.5 Å². The van der Waals surface area contributed by atoms with E-state index in [-0.39, 0.29) is 17.9 Å². The van der Waals surface area contributed by atoms with E-state index in [1.165, 1.54) is 0 Å². The van der Waals surface area contributed by atoms with Gasteiger partial charge in [-0.1, -0.05) is 12.7 Å². The molecule has 1 saturated carbocycles. The first-order valence-corrected chi connectivity index (χ1v) is 9.26. The quantitative estimate of drug-likeness (QED) is 0.754. The van der Waals surface area contributed by atoms with E-state index < -0.39 is 0 Å². The van der Waals surface area contributed by atoms with Gasteiger partial charge in [0.15, 0.2) is 0 Å². The zero-order valence-corrected chi connectivity index (χ0v) is 15.3. The molecule has 26 heavy (non-hydrogen) atoms. The Morgan fingerprint density at radius 2 is 1.88 bits per heavy atom. The fourth-order valence-electron chi connectivity index (χ4n) is 3.06. The van der Waals surface area contributed by atoms with E-state index in [4.69, 9.17) is 4.74 Å². The van der Waals surface area contributed by atoms with Crippen LogP contribution in [0.25, 0.3) is 0 Å². The highest BCUT2D eigenvalue weighted by atomic mass is 16.5. The molecule has 1 N–H and O–H groups in total. The lowest BCUT2D eigenvalue weighted by atomic mass is 10.1. The molecule has 0 spiro atoms. The number of amides is 2. The Labute approximate surface area is 154 Å². The highest BCUT2D eigenvalue weighted by molar-refractivity contribution is 5.94. The molecule has 1 aromatic carbocycles. The third-order valence-corrected chi connectivity index (χ3v) is 4.92. The molecule has 6 heteroatoms. The van der Waals surface area contributed by atoms with Crippen LogP contribution in [0.4, 0.5) is 0 Å². The predicted molar refractivity (Wildman–Crippen MR) is 100 cm³/mol. The highest BCUT2D eigenvalue weighted by Gasteiger charge is 2.31. The molecule has 1 aliphatic carbocycles. The molecule has 1 aliphatic heterocycles. The Morgan fingerprint density at radius 1 is 1.23 bits per heavy atom. The maximum Gasteiger partial charge on any atom is 0.253 e. The zero-order valence-electron chi connectivity index (χ0n) is 15.3. The van der Waals surface area contributed by atoms with Crippen LogP contribution in [0.2, 0.25) is 0 Å². The number of ether oxygens (including phenoxy) is 1. The van der Waals surface area contributed by atoms with Crippen molar-refractivity contribution >= 4 is 11.8 Å². The summed E-state index contributed by atoms with van der Waals surface area (Å²) < 4.78 is 5.44. The van der Waals surface area contributed by atoms with Crippen LogP contribution in [0.5, 0.6) is 5.75 Å². The van der Waals surface area contributed by atoms with Crippen molar-refractivity contribution < 1.29 is 14.3 Å². The van der Waals surface area contributed by atoms with E-state index in [9.17, 15) is 9.59 Å². The minimum absolute atomic E-state index is 0.0232. The Balaban J connectivity index is 1.49. The molecule has 1 saturated heterocycles. The van der Waals surface area contributed by atoms with Crippen LogP contribution in [-0.4, -0.2) is 66.5 Å². The molecular formula is C20H27N3O3. The van der Waals surface area contributed by atoms with Crippen LogP contribution in [0, 0.1) is 0 Å². The summed E-state index contributed by atoms with van der Waals surface area (Å²) in [6.07, 6.45) is 3.88. The number of rotatable bonds is 7. The summed E-state index contributed by atoms with van der Waals surface area (Å²) in [6.45, 7) is 8.70. The first-order chi connectivity index (χ1) is 12.6. The van der Waals surface area contributed by atoms with Gasteiger partial charge in [-0.2, -0.15) is 0 Å². The summed E-state index contributed by atoms with van der Waals surface area (Å²) in [5.74, 6) is 0.846. The van der Waals surface area contributed by atoms with Gasteiger partial charge in [0, 0.05) is 37.8 Å². The topological polar surface area (TPSA) is 61.9 Å². The van der Waals surface area contributed by atoms with Crippen molar-refractivity contribution in [1.29, 1.82) is 0 Å². The third kappa shape index (κ3) is 4.64. The van der Waals surface area contributed by atoms with Crippen molar-refractivity contribution in [3.8, 4) is 5.75 Å². The molecule has 2 aliphatic rings. The van der Waals surface area contributed by atoms with Gasteiger partial charge in [-0.25, -0.2) is 0 Å². The molecule has 0 aromatic heterocycles. The van der Waals surface area contributed by atoms with E-state index in [0.29, 0.717) is 44.4 Å². The van der Waals surface area contributed by atoms with E-state index in [1.807, 2.05) is 11.8 Å². The normalized spacial score (nSPS) is 18.9. The number of nitrogens with zero attached hydrogens (tertiary/aromatic N) is 2. The lowest BCUT2D eigenvalue weighted by Crippen LogP contribution is -2.55. The number of hydrogen-bond acceptors (Lipinski definition) is 4. The van der Waals surface area contributed by atoms with Gasteiger partial charge in [0.2, 0.25) is 5.91 Å². The number of nitrogens with one attached hydrogen (secondary N) is 1. The van der Waals surface area contributed by atoms with Crippen LogP contribution in [0.1, 0.15) is 30.1 Å². The second kappa shape index (κ2) is 8.36. The summed E-state index contributed by atoms with van der Waals surface area (Å²) in [7, 11) is 0. The molecule has 0 bridgehead atoms. The number of piperazine rings is 1. The standard InChI is InChI=1S/C20H27N3O3/c1-3-14-26-18-8-4-16(5-9-18)20(25)23-12-10-22(11-13-23)15(2)19(24)21-17-6-7-17/h3-5,8-9,15,17H,1,6-7,10-14H2,2H3,(H,21,24). The number of benzene rings is 1. The van der Waals surface area contributed by atoms with E-state index in [0.717, 1.165) is 18.6 Å². The Morgan fingerprint density at radius 3 is 2.46 bits per heavy atom. The van der Waals surface area contributed by atoms with Gasteiger partial charge >= 0.3 is 0 Å². The summed E-state index contributed by atoms with van der Waals surface area (Å²) in [4.78, 5) is 28.8. The van der Waals surface area contributed by atoms with Crippen LogP contribution in [-0.2, 0) is 4.79 Å². The van der Waals surface area contributed by atoms with Crippen LogP contribution in [0.3, 0.4) is 0 Å². The van der Waals surface area contributed by atoms with Crippen molar-refractivity contribution in [2.24, 2.45) is 0 Å². The minimum Gasteiger partial charge on any atom is -0.490 e. The fraction of sp³-hybridized carbons (Fsp3) is 0.500.